The molecule has 1 aliphatic rings. The zero-order valence-corrected chi connectivity index (χ0v) is 17.0. The SMILES string of the molecule is CCN(Cc1cccc2c1OCCO2)C(=O)c1ccc(S(=O)(=O)N(C)C)cc1. The molecule has 150 valence electrons. The molecule has 2 aromatic carbocycles. The highest BCUT2D eigenvalue weighted by atomic mass is 32.2. The van der Waals surface area contributed by atoms with Crippen LogP contribution in [0.1, 0.15) is 22.8 Å². The number of rotatable bonds is 6. The van der Waals surface area contributed by atoms with Gasteiger partial charge in [-0.1, -0.05) is 12.1 Å². The van der Waals surface area contributed by atoms with E-state index in [9.17, 15) is 13.2 Å². The summed E-state index contributed by atoms with van der Waals surface area (Å²) in [6.07, 6.45) is 0. The van der Waals surface area contributed by atoms with E-state index in [1.165, 1.54) is 26.2 Å². The average Bonchev–Trinajstić information content (AvgIpc) is 2.71. The first-order valence-corrected chi connectivity index (χ1v) is 10.5. The monoisotopic (exact) mass is 404 g/mol. The van der Waals surface area contributed by atoms with Crippen LogP contribution in [0.25, 0.3) is 0 Å². The highest BCUT2D eigenvalue weighted by Crippen LogP contribution is 2.34. The molecule has 0 aliphatic carbocycles. The fourth-order valence-corrected chi connectivity index (χ4v) is 3.86. The summed E-state index contributed by atoms with van der Waals surface area (Å²) < 4.78 is 36.8. The van der Waals surface area contributed by atoms with Gasteiger partial charge in [-0.25, -0.2) is 12.7 Å². The predicted molar refractivity (Wildman–Crippen MR) is 105 cm³/mol. The van der Waals surface area contributed by atoms with Crippen molar-refractivity contribution in [3.05, 3.63) is 53.6 Å². The highest BCUT2D eigenvalue weighted by molar-refractivity contribution is 7.89. The standard InChI is InChI=1S/C20H24N2O5S/c1-4-22(14-16-6-5-7-18-19(16)27-13-12-26-18)20(23)15-8-10-17(11-9-15)28(24,25)21(2)3/h5-11H,4,12-14H2,1-3H3. The first-order chi connectivity index (χ1) is 13.3. The van der Waals surface area contributed by atoms with Crippen molar-refractivity contribution < 1.29 is 22.7 Å². The first kappa shape index (κ1) is 20.2. The van der Waals surface area contributed by atoms with E-state index in [2.05, 4.69) is 0 Å². The number of para-hydroxylation sites is 1. The van der Waals surface area contributed by atoms with Gasteiger partial charge in [0.25, 0.3) is 5.91 Å². The molecular weight excluding hydrogens is 380 g/mol. The summed E-state index contributed by atoms with van der Waals surface area (Å²) in [5.74, 6) is 1.18. The molecule has 0 N–H and O–H groups in total. The molecule has 0 saturated carbocycles. The number of carbonyl (C=O) groups is 1. The van der Waals surface area contributed by atoms with E-state index in [0.29, 0.717) is 43.4 Å². The van der Waals surface area contributed by atoms with Gasteiger partial charge < -0.3 is 14.4 Å². The Morgan fingerprint density at radius 1 is 1.04 bits per heavy atom. The number of carbonyl (C=O) groups excluding carboxylic acids is 1. The van der Waals surface area contributed by atoms with Gasteiger partial charge >= 0.3 is 0 Å². The zero-order valence-electron chi connectivity index (χ0n) is 16.2. The number of hydrogen-bond acceptors (Lipinski definition) is 5. The van der Waals surface area contributed by atoms with Crippen LogP contribution in [0.15, 0.2) is 47.4 Å². The molecule has 0 spiro atoms. The second kappa shape index (κ2) is 8.20. The van der Waals surface area contributed by atoms with Gasteiger partial charge in [-0.15, -0.1) is 0 Å². The molecule has 0 saturated heterocycles. The molecular formula is C20H24N2O5S. The quantitative estimate of drug-likeness (QED) is 0.739. The maximum Gasteiger partial charge on any atom is 0.254 e. The molecule has 2 aromatic rings. The molecule has 0 bridgehead atoms. The molecule has 3 rings (SSSR count). The second-order valence-electron chi connectivity index (χ2n) is 6.57. The largest absolute Gasteiger partial charge is 0.486 e. The van der Waals surface area contributed by atoms with Gasteiger partial charge in [-0.2, -0.15) is 0 Å². The zero-order chi connectivity index (χ0) is 20.3. The van der Waals surface area contributed by atoms with Gasteiger partial charge in [0.05, 0.1) is 4.90 Å². The van der Waals surface area contributed by atoms with Crippen molar-refractivity contribution in [3.8, 4) is 11.5 Å². The number of amides is 1. The lowest BCUT2D eigenvalue weighted by Gasteiger charge is -2.25. The minimum Gasteiger partial charge on any atom is -0.486 e. The molecule has 0 unspecified atom stereocenters. The highest BCUT2D eigenvalue weighted by Gasteiger charge is 2.22. The van der Waals surface area contributed by atoms with Crippen LogP contribution in [-0.2, 0) is 16.6 Å². The number of ether oxygens (including phenoxy) is 2. The Bertz CT molecular complexity index is 955. The third kappa shape index (κ3) is 3.98. The molecule has 0 radical (unpaired) electrons. The molecule has 1 amide bonds. The lowest BCUT2D eigenvalue weighted by Crippen LogP contribution is -2.31. The van der Waals surface area contributed by atoms with Crippen molar-refractivity contribution in [2.45, 2.75) is 18.4 Å². The van der Waals surface area contributed by atoms with Gasteiger partial charge in [0.1, 0.15) is 13.2 Å². The van der Waals surface area contributed by atoms with Crippen LogP contribution in [0.5, 0.6) is 11.5 Å². The molecule has 0 atom stereocenters. The number of fused-ring (bicyclic) bond motifs is 1. The Morgan fingerprint density at radius 3 is 2.36 bits per heavy atom. The van der Waals surface area contributed by atoms with Gasteiger partial charge in [-0.05, 0) is 37.3 Å². The van der Waals surface area contributed by atoms with Crippen molar-refractivity contribution in [3.63, 3.8) is 0 Å². The van der Waals surface area contributed by atoms with Crippen LogP contribution in [-0.4, -0.2) is 57.4 Å². The third-order valence-electron chi connectivity index (χ3n) is 4.56. The number of sulfonamides is 1. The van der Waals surface area contributed by atoms with Crippen molar-refractivity contribution >= 4 is 15.9 Å². The Morgan fingerprint density at radius 2 is 1.71 bits per heavy atom. The number of nitrogens with zero attached hydrogens (tertiary/aromatic N) is 2. The van der Waals surface area contributed by atoms with E-state index in [0.717, 1.165) is 9.87 Å². The van der Waals surface area contributed by atoms with Crippen LogP contribution in [0.3, 0.4) is 0 Å². The molecule has 28 heavy (non-hydrogen) atoms. The predicted octanol–water partition coefficient (Wildman–Crippen LogP) is 2.37. The average molecular weight is 404 g/mol. The van der Waals surface area contributed by atoms with Crippen LogP contribution >= 0.6 is 0 Å². The maximum atomic E-state index is 12.9. The lowest BCUT2D eigenvalue weighted by atomic mass is 10.1. The summed E-state index contributed by atoms with van der Waals surface area (Å²) >= 11 is 0. The van der Waals surface area contributed by atoms with Crippen molar-refractivity contribution in [2.75, 3.05) is 33.9 Å². The fraction of sp³-hybridized carbons (Fsp3) is 0.350. The minimum atomic E-state index is -3.53. The number of hydrogen-bond donors (Lipinski definition) is 0. The van der Waals surface area contributed by atoms with E-state index in [1.807, 2.05) is 25.1 Å². The topological polar surface area (TPSA) is 76.1 Å². The summed E-state index contributed by atoms with van der Waals surface area (Å²) in [6, 6.07) is 11.6. The van der Waals surface area contributed by atoms with Crippen LogP contribution < -0.4 is 9.47 Å². The van der Waals surface area contributed by atoms with Crippen molar-refractivity contribution in [1.29, 1.82) is 0 Å². The van der Waals surface area contributed by atoms with E-state index >= 15 is 0 Å². The first-order valence-electron chi connectivity index (χ1n) is 9.04. The normalized spacial score (nSPS) is 13.4. The molecule has 0 fully saturated rings. The summed E-state index contributed by atoms with van der Waals surface area (Å²) in [6.45, 7) is 3.76. The maximum absolute atomic E-state index is 12.9. The molecule has 1 heterocycles. The van der Waals surface area contributed by atoms with Crippen LogP contribution in [0, 0.1) is 0 Å². The Labute approximate surface area is 165 Å². The minimum absolute atomic E-state index is 0.153. The van der Waals surface area contributed by atoms with Gasteiger partial charge in [0.15, 0.2) is 11.5 Å². The van der Waals surface area contributed by atoms with Crippen molar-refractivity contribution in [1.82, 2.24) is 9.21 Å². The summed E-state index contributed by atoms with van der Waals surface area (Å²) in [5.41, 5.74) is 1.31. The van der Waals surface area contributed by atoms with Crippen molar-refractivity contribution in [2.24, 2.45) is 0 Å². The smallest absolute Gasteiger partial charge is 0.254 e. The van der Waals surface area contributed by atoms with E-state index in [1.54, 1.807) is 17.0 Å². The molecule has 0 aromatic heterocycles. The van der Waals surface area contributed by atoms with Gasteiger partial charge in [-0.3, -0.25) is 4.79 Å². The summed E-state index contributed by atoms with van der Waals surface area (Å²) in [7, 11) is -0.582. The molecule has 7 nitrogen and oxygen atoms in total. The molecule has 1 aliphatic heterocycles. The van der Waals surface area contributed by atoms with Crippen LogP contribution in [0.2, 0.25) is 0 Å². The summed E-state index contributed by atoms with van der Waals surface area (Å²) in [4.78, 5) is 14.8. The lowest BCUT2D eigenvalue weighted by molar-refractivity contribution is 0.0749. The Hall–Kier alpha value is -2.58. The van der Waals surface area contributed by atoms with E-state index in [4.69, 9.17) is 9.47 Å². The second-order valence-corrected chi connectivity index (χ2v) is 8.72. The Kier molecular flexibility index (Phi) is 5.90. The molecule has 8 heteroatoms. The Balaban J connectivity index is 1.81. The third-order valence-corrected chi connectivity index (χ3v) is 6.39. The van der Waals surface area contributed by atoms with Gasteiger partial charge in [0.2, 0.25) is 10.0 Å². The van der Waals surface area contributed by atoms with E-state index < -0.39 is 10.0 Å². The van der Waals surface area contributed by atoms with Crippen LogP contribution in [0.4, 0.5) is 0 Å². The van der Waals surface area contributed by atoms with E-state index in [-0.39, 0.29) is 10.8 Å². The number of benzene rings is 2. The van der Waals surface area contributed by atoms with Gasteiger partial charge in [0, 0.05) is 38.3 Å². The fourth-order valence-electron chi connectivity index (χ4n) is 2.95. The summed E-state index contributed by atoms with van der Waals surface area (Å²) in [5, 5.41) is 0.